The van der Waals surface area contributed by atoms with E-state index in [0.29, 0.717) is 12.5 Å². The fourth-order valence-electron chi connectivity index (χ4n) is 2.77. The first-order valence-electron chi connectivity index (χ1n) is 8.42. The number of rotatable bonds is 6. The summed E-state index contributed by atoms with van der Waals surface area (Å²) in [5.41, 5.74) is 3.13. The van der Waals surface area contributed by atoms with E-state index in [0.717, 1.165) is 30.1 Å². The standard InChI is InChI=1S/C20H24N2O2/c1-14-5-3-6-16(9-14)13-24-19-8-4-7-18(10-19)22-20(23)15(2)17-11-21-12-17/h3-10,15,17,21H,11-13H2,1-2H3,(H,22,23). The van der Waals surface area contributed by atoms with Crippen molar-refractivity contribution in [3.63, 3.8) is 0 Å². The number of carbonyl (C=O) groups is 1. The molecule has 1 amide bonds. The van der Waals surface area contributed by atoms with E-state index < -0.39 is 0 Å². The van der Waals surface area contributed by atoms with Crippen LogP contribution in [0.2, 0.25) is 0 Å². The minimum Gasteiger partial charge on any atom is -0.489 e. The number of hydrogen-bond donors (Lipinski definition) is 2. The lowest BCUT2D eigenvalue weighted by Crippen LogP contribution is -2.48. The fourth-order valence-corrected chi connectivity index (χ4v) is 2.77. The summed E-state index contributed by atoms with van der Waals surface area (Å²) in [5, 5.41) is 6.20. The van der Waals surface area contributed by atoms with Crippen molar-refractivity contribution in [3.05, 3.63) is 59.7 Å². The molecule has 2 N–H and O–H groups in total. The molecule has 1 heterocycles. The number of benzene rings is 2. The predicted molar refractivity (Wildman–Crippen MR) is 96.1 cm³/mol. The van der Waals surface area contributed by atoms with Gasteiger partial charge in [0.25, 0.3) is 0 Å². The summed E-state index contributed by atoms with van der Waals surface area (Å²) in [4.78, 5) is 12.3. The normalized spacial score (nSPS) is 15.4. The van der Waals surface area contributed by atoms with Gasteiger partial charge in [-0.3, -0.25) is 4.79 Å². The van der Waals surface area contributed by atoms with Crippen LogP contribution >= 0.6 is 0 Å². The number of ether oxygens (including phenoxy) is 1. The molecule has 0 bridgehead atoms. The van der Waals surface area contributed by atoms with Crippen LogP contribution in [0.25, 0.3) is 0 Å². The Morgan fingerprint density at radius 1 is 1.25 bits per heavy atom. The largest absolute Gasteiger partial charge is 0.489 e. The summed E-state index contributed by atoms with van der Waals surface area (Å²) in [7, 11) is 0. The molecular formula is C20H24N2O2. The Morgan fingerprint density at radius 2 is 2.04 bits per heavy atom. The highest BCUT2D eigenvalue weighted by Gasteiger charge is 2.28. The van der Waals surface area contributed by atoms with Crippen LogP contribution in [0, 0.1) is 18.8 Å². The quantitative estimate of drug-likeness (QED) is 0.856. The van der Waals surface area contributed by atoms with Gasteiger partial charge in [0.2, 0.25) is 5.91 Å². The van der Waals surface area contributed by atoms with Crippen LogP contribution in [-0.2, 0) is 11.4 Å². The maximum Gasteiger partial charge on any atom is 0.227 e. The summed E-state index contributed by atoms with van der Waals surface area (Å²) < 4.78 is 5.85. The van der Waals surface area contributed by atoms with E-state index in [1.165, 1.54) is 5.56 Å². The summed E-state index contributed by atoms with van der Waals surface area (Å²) in [6.07, 6.45) is 0. The van der Waals surface area contributed by atoms with Gasteiger partial charge in [-0.25, -0.2) is 0 Å². The minimum atomic E-state index is 0.0168. The molecule has 1 aliphatic heterocycles. The van der Waals surface area contributed by atoms with Crippen molar-refractivity contribution in [1.29, 1.82) is 0 Å². The Morgan fingerprint density at radius 3 is 2.75 bits per heavy atom. The molecule has 1 fully saturated rings. The summed E-state index contributed by atoms with van der Waals surface area (Å²) in [5.74, 6) is 1.28. The van der Waals surface area contributed by atoms with Gasteiger partial charge < -0.3 is 15.4 Å². The van der Waals surface area contributed by atoms with Crippen molar-refractivity contribution in [1.82, 2.24) is 5.32 Å². The fraction of sp³-hybridized carbons (Fsp3) is 0.350. The third kappa shape index (κ3) is 4.15. The molecule has 1 aliphatic rings. The Bertz CT molecular complexity index is 710. The zero-order valence-electron chi connectivity index (χ0n) is 14.2. The second kappa shape index (κ2) is 7.49. The van der Waals surface area contributed by atoms with Crippen molar-refractivity contribution in [2.45, 2.75) is 20.5 Å². The van der Waals surface area contributed by atoms with E-state index in [1.807, 2.05) is 43.3 Å². The SMILES string of the molecule is Cc1cccc(COc2cccc(NC(=O)C(C)C3CNC3)c2)c1. The van der Waals surface area contributed by atoms with Gasteiger partial charge in [-0.15, -0.1) is 0 Å². The molecule has 3 rings (SSSR count). The monoisotopic (exact) mass is 324 g/mol. The van der Waals surface area contributed by atoms with Crippen molar-refractivity contribution in [2.75, 3.05) is 18.4 Å². The molecule has 24 heavy (non-hydrogen) atoms. The third-order valence-electron chi connectivity index (χ3n) is 4.52. The van der Waals surface area contributed by atoms with Crippen LogP contribution in [0.15, 0.2) is 48.5 Å². The second-order valence-electron chi connectivity index (χ2n) is 6.50. The van der Waals surface area contributed by atoms with Crippen LogP contribution in [-0.4, -0.2) is 19.0 Å². The molecule has 0 radical (unpaired) electrons. The Kier molecular flexibility index (Phi) is 5.16. The Balaban J connectivity index is 1.58. The van der Waals surface area contributed by atoms with E-state index in [2.05, 4.69) is 29.7 Å². The van der Waals surface area contributed by atoms with Gasteiger partial charge >= 0.3 is 0 Å². The number of amides is 1. The van der Waals surface area contributed by atoms with Crippen molar-refractivity contribution >= 4 is 11.6 Å². The topological polar surface area (TPSA) is 50.4 Å². The number of hydrogen-bond acceptors (Lipinski definition) is 3. The van der Waals surface area contributed by atoms with Crippen LogP contribution in [0.1, 0.15) is 18.1 Å². The Hall–Kier alpha value is -2.33. The smallest absolute Gasteiger partial charge is 0.227 e. The number of nitrogens with one attached hydrogen (secondary N) is 2. The number of carbonyl (C=O) groups excluding carboxylic acids is 1. The highest BCUT2D eigenvalue weighted by Crippen LogP contribution is 2.22. The Labute approximate surface area is 143 Å². The van der Waals surface area contributed by atoms with Gasteiger partial charge in [-0.05, 0) is 43.6 Å². The number of aryl methyl sites for hydroxylation is 1. The van der Waals surface area contributed by atoms with E-state index in [9.17, 15) is 4.79 Å². The minimum absolute atomic E-state index is 0.0168. The lowest BCUT2D eigenvalue weighted by molar-refractivity contribution is -0.121. The highest BCUT2D eigenvalue weighted by molar-refractivity contribution is 5.92. The first-order chi connectivity index (χ1) is 11.6. The molecule has 1 saturated heterocycles. The van der Waals surface area contributed by atoms with Gasteiger partial charge in [0.05, 0.1) is 0 Å². The first kappa shape index (κ1) is 16.5. The van der Waals surface area contributed by atoms with E-state index in [1.54, 1.807) is 0 Å². The first-order valence-corrected chi connectivity index (χ1v) is 8.42. The average Bonchev–Trinajstić information content (AvgIpc) is 2.52. The predicted octanol–water partition coefficient (Wildman–Crippen LogP) is 3.37. The second-order valence-corrected chi connectivity index (χ2v) is 6.50. The van der Waals surface area contributed by atoms with Crippen molar-refractivity contribution in [3.8, 4) is 5.75 Å². The van der Waals surface area contributed by atoms with Gasteiger partial charge in [0.1, 0.15) is 12.4 Å². The highest BCUT2D eigenvalue weighted by atomic mass is 16.5. The maximum absolute atomic E-state index is 12.3. The van der Waals surface area contributed by atoms with E-state index >= 15 is 0 Å². The molecule has 2 aromatic carbocycles. The zero-order chi connectivity index (χ0) is 16.9. The molecule has 126 valence electrons. The van der Waals surface area contributed by atoms with Gasteiger partial charge in [-0.1, -0.05) is 42.8 Å². The molecule has 0 saturated carbocycles. The molecule has 0 spiro atoms. The van der Waals surface area contributed by atoms with Crippen LogP contribution in [0.4, 0.5) is 5.69 Å². The number of anilines is 1. The van der Waals surface area contributed by atoms with Crippen molar-refractivity contribution < 1.29 is 9.53 Å². The molecular weight excluding hydrogens is 300 g/mol. The molecule has 2 aromatic rings. The zero-order valence-corrected chi connectivity index (χ0v) is 14.2. The van der Waals surface area contributed by atoms with Crippen LogP contribution < -0.4 is 15.4 Å². The molecule has 1 atom stereocenters. The summed E-state index contributed by atoms with van der Waals surface area (Å²) >= 11 is 0. The average molecular weight is 324 g/mol. The van der Waals surface area contributed by atoms with Gasteiger partial charge in [0.15, 0.2) is 0 Å². The van der Waals surface area contributed by atoms with Crippen LogP contribution in [0.3, 0.4) is 0 Å². The summed E-state index contributed by atoms with van der Waals surface area (Å²) in [6, 6.07) is 15.8. The summed E-state index contributed by atoms with van der Waals surface area (Å²) in [6.45, 7) is 6.42. The van der Waals surface area contributed by atoms with Gasteiger partial charge in [0, 0.05) is 17.7 Å². The maximum atomic E-state index is 12.3. The van der Waals surface area contributed by atoms with Crippen molar-refractivity contribution in [2.24, 2.45) is 11.8 Å². The third-order valence-corrected chi connectivity index (χ3v) is 4.52. The molecule has 4 nitrogen and oxygen atoms in total. The van der Waals surface area contributed by atoms with E-state index in [4.69, 9.17) is 4.74 Å². The molecule has 4 heteroatoms. The lowest BCUT2D eigenvalue weighted by atomic mass is 9.88. The molecule has 0 aromatic heterocycles. The lowest BCUT2D eigenvalue weighted by Gasteiger charge is -2.31. The molecule has 0 aliphatic carbocycles. The molecule has 1 unspecified atom stereocenters. The van der Waals surface area contributed by atoms with E-state index in [-0.39, 0.29) is 11.8 Å². The van der Waals surface area contributed by atoms with Gasteiger partial charge in [-0.2, -0.15) is 0 Å². The van der Waals surface area contributed by atoms with Crippen LogP contribution in [0.5, 0.6) is 5.75 Å².